The molecule has 1 amide bonds. The van der Waals surface area contributed by atoms with Crippen LogP contribution in [0.3, 0.4) is 0 Å². The van der Waals surface area contributed by atoms with Crippen molar-refractivity contribution in [2.75, 3.05) is 0 Å². The molecule has 0 saturated carbocycles. The van der Waals surface area contributed by atoms with Crippen LogP contribution in [0.15, 0.2) is 63.3 Å². The second kappa shape index (κ2) is 7.97. The lowest BCUT2D eigenvalue weighted by atomic mass is 10.2. The third kappa shape index (κ3) is 3.94. The van der Waals surface area contributed by atoms with Crippen LogP contribution in [0.25, 0.3) is 0 Å². The molecule has 6 heteroatoms. The zero-order valence-electron chi connectivity index (χ0n) is 13.5. The average Bonchev–Trinajstić information content (AvgIpc) is 3.21. The van der Waals surface area contributed by atoms with E-state index >= 15 is 0 Å². The van der Waals surface area contributed by atoms with Gasteiger partial charge in [-0.3, -0.25) is 9.69 Å². The highest BCUT2D eigenvalue weighted by Crippen LogP contribution is 2.31. The maximum atomic E-state index is 12.7. The van der Waals surface area contributed by atoms with Crippen LogP contribution in [0, 0.1) is 0 Å². The van der Waals surface area contributed by atoms with Crippen molar-refractivity contribution >= 4 is 29.1 Å². The van der Waals surface area contributed by atoms with Crippen LogP contribution in [0.4, 0.5) is 0 Å². The fourth-order valence-electron chi connectivity index (χ4n) is 2.44. The second-order valence-corrected chi connectivity index (χ2v) is 6.62. The van der Waals surface area contributed by atoms with Crippen LogP contribution < -0.4 is 0 Å². The SMILES string of the molecule is CCC[C@H]1S/C(=N/N=C\c2ccco2)N(Cc2ccccc2)C1=O. The van der Waals surface area contributed by atoms with E-state index in [1.165, 1.54) is 11.8 Å². The number of carbonyl (C=O) groups excluding carboxylic acids is 1. The van der Waals surface area contributed by atoms with E-state index in [-0.39, 0.29) is 11.2 Å². The maximum Gasteiger partial charge on any atom is 0.242 e. The Bertz CT molecular complexity index is 726. The molecule has 0 unspecified atom stereocenters. The van der Waals surface area contributed by atoms with E-state index in [0.29, 0.717) is 17.5 Å². The monoisotopic (exact) mass is 341 g/mol. The van der Waals surface area contributed by atoms with Gasteiger partial charge < -0.3 is 4.42 Å². The van der Waals surface area contributed by atoms with Crippen LogP contribution in [-0.4, -0.2) is 27.4 Å². The largest absolute Gasteiger partial charge is 0.463 e. The first-order chi connectivity index (χ1) is 11.8. The van der Waals surface area contributed by atoms with Crippen LogP contribution in [0.2, 0.25) is 0 Å². The van der Waals surface area contributed by atoms with E-state index in [1.54, 1.807) is 29.5 Å². The molecule has 2 heterocycles. The number of carbonyl (C=O) groups is 1. The molecule has 1 aliphatic rings. The lowest BCUT2D eigenvalue weighted by molar-refractivity contribution is -0.126. The summed E-state index contributed by atoms with van der Waals surface area (Å²) in [7, 11) is 0. The fourth-order valence-corrected chi connectivity index (χ4v) is 3.66. The Balaban J connectivity index is 1.79. The first kappa shape index (κ1) is 16.5. The van der Waals surface area contributed by atoms with E-state index < -0.39 is 0 Å². The molecule has 0 N–H and O–H groups in total. The van der Waals surface area contributed by atoms with E-state index in [4.69, 9.17) is 4.42 Å². The van der Waals surface area contributed by atoms with Gasteiger partial charge in [0.15, 0.2) is 5.17 Å². The smallest absolute Gasteiger partial charge is 0.242 e. The molecule has 1 saturated heterocycles. The van der Waals surface area contributed by atoms with Gasteiger partial charge in [-0.05, 0) is 24.1 Å². The zero-order chi connectivity index (χ0) is 16.8. The highest BCUT2D eigenvalue weighted by Gasteiger charge is 2.37. The normalized spacial score (nSPS) is 19.7. The lowest BCUT2D eigenvalue weighted by Crippen LogP contribution is -2.31. The molecule has 1 atom stereocenters. The number of benzene rings is 1. The molecule has 1 aliphatic heterocycles. The zero-order valence-corrected chi connectivity index (χ0v) is 14.3. The molecule has 24 heavy (non-hydrogen) atoms. The van der Waals surface area contributed by atoms with Gasteiger partial charge in [-0.1, -0.05) is 55.4 Å². The Kier molecular flexibility index (Phi) is 5.48. The summed E-state index contributed by atoms with van der Waals surface area (Å²) in [5, 5.41) is 8.89. The fraction of sp³-hybridized carbons (Fsp3) is 0.278. The molecule has 1 aromatic carbocycles. The van der Waals surface area contributed by atoms with Crippen LogP contribution in [0.1, 0.15) is 31.1 Å². The Morgan fingerprint density at radius 3 is 2.79 bits per heavy atom. The topological polar surface area (TPSA) is 58.2 Å². The van der Waals surface area contributed by atoms with E-state index in [2.05, 4.69) is 17.1 Å². The number of amides is 1. The molecule has 5 nitrogen and oxygen atoms in total. The van der Waals surface area contributed by atoms with Crippen LogP contribution >= 0.6 is 11.8 Å². The van der Waals surface area contributed by atoms with E-state index in [9.17, 15) is 4.79 Å². The molecule has 1 aromatic heterocycles. The highest BCUT2D eigenvalue weighted by molar-refractivity contribution is 8.15. The first-order valence-corrected chi connectivity index (χ1v) is 8.82. The van der Waals surface area contributed by atoms with Gasteiger partial charge in [-0.2, -0.15) is 5.10 Å². The molecule has 0 bridgehead atoms. The Labute approximate surface area is 145 Å². The van der Waals surface area contributed by atoms with Crippen LogP contribution in [-0.2, 0) is 11.3 Å². The summed E-state index contributed by atoms with van der Waals surface area (Å²) in [4.78, 5) is 14.4. The summed E-state index contributed by atoms with van der Waals surface area (Å²) < 4.78 is 5.20. The standard InChI is InChI=1S/C18H19N3O2S/c1-2-7-16-17(22)21(13-14-8-4-3-5-9-14)18(24-16)20-19-12-15-10-6-11-23-15/h3-6,8-12,16H,2,7,13H2,1H3/b19-12-,20-18+/t16-/m1/s1. The van der Waals surface area contributed by atoms with Gasteiger partial charge in [0.2, 0.25) is 5.91 Å². The number of amidine groups is 1. The van der Waals surface area contributed by atoms with Gasteiger partial charge in [0.05, 0.1) is 24.3 Å². The molecule has 1 fully saturated rings. The minimum atomic E-state index is -0.0729. The Hall–Kier alpha value is -2.34. The van der Waals surface area contributed by atoms with Crippen LogP contribution in [0.5, 0.6) is 0 Å². The van der Waals surface area contributed by atoms with Crippen molar-refractivity contribution in [3.05, 3.63) is 60.1 Å². The summed E-state index contributed by atoms with van der Waals surface area (Å²) in [6.45, 7) is 2.60. The molecule has 3 rings (SSSR count). The molecule has 0 radical (unpaired) electrons. The maximum absolute atomic E-state index is 12.7. The van der Waals surface area contributed by atoms with Gasteiger partial charge in [-0.15, -0.1) is 5.10 Å². The Morgan fingerprint density at radius 2 is 2.08 bits per heavy atom. The third-order valence-corrected chi connectivity index (χ3v) is 4.86. The van der Waals surface area contributed by atoms with Gasteiger partial charge in [0.1, 0.15) is 5.76 Å². The van der Waals surface area contributed by atoms with Crippen molar-refractivity contribution in [2.45, 2.75) is 31.6 Å². The second-order valence-electron chi connectivity index (χ2n) is 5.45. The minimum Gasteiger partial charge on any atom is -0.463 e. The van der Waals surface area contributed by atoms with Crippen molar-refractivity contribution in [3.63, 3.8) is 0 Å². The van der Waals surface area contributed by atoms with Crippen molar-refractivity contribution in [3.8, 4) is 0 Å². The van der Waals surface area contributed by atoms with Gasteiger partial charge >= 0.3 is 0 Å². The van der Waals surface area contributed by atoms with Gasteiger partial charge in [0.25, 0.3) is 0 Å². The highest BCUT2D eigenvalue weighted by atomic mass is 32.2. The third-order valence-electron chi connectivity index (χ3n) is 3.63. The molecular formula is C18H19N3O2S. The molecule has 0 spiro atoms. The van der Waals surface area contributed by atoms with Gasteiger partial charge in [0, 0.05) is 0 Å². The number of furan rings is 1. The number of hydrogen-bond donors (Lipinski definition) is 0. The van der Waals surface area contributed by atoms with Crippen molar-refractivity contribution in [1.82, 2.24) is 4.90 Å². The van der Waals surface area contributed by atoms with Crippen molar-refractivity contribution < 1.29 is 9.21 Å². The minimum absolute atomic E-state index is 0.0729. The summed E-state index contributed by atoms with van der Waals surface area (Å²) in [6, 6.07) is 13.5. The van der Waals surface area contributed by atoms with E-state index in [0.717, 1.165) is 18.4 Å². The predicted octanol–water partition coefficient (Wildman–Crippen LogP) is 3.91. The predicted molar refractivity (Wildman–Crippen MR) is 97.0 cm³/mol. The Morgan fingerprint density at radius 1 is 1.25 bits per heavy atom. The molecule has 0 aliphatic carbocycles. The summed E-state index contributed by atoms with van der Waals surface area (Å²) in [5.74, 6) is 0.742. The first-order valence-electron chi connectivity index (χ1n) is 7.94. The number of nitrogens with zero attached hydrogens (tertiary/aromatic N) is 3. The van der Waals surface area contributed by atoms with Crippen molar-refractivity contribution in [2.24, 2.45) is 10.2 Å². The quantitative estimate of drug-likeness (QED) is 0.591. The summed E-state index contributed by atoms with van der Waals surface area (Å²) in [6.07, 6.45) is 4.94. The molecule has 124 valence electrons. The summed E-state index contributed by atoms with van der Waals surface area (Å²) >= 11 is 1.49. The summed E-state index contributed by atoms with van der Waals surface area (Å²) in [5.41, 5.74) is 1.08. The molecular weight excluding hydrogens is 322 g/mol. The number of rotatable bonds is 6. The molecule has 2 aromatic rings. The van der Waals surface area contributed by atoms with Crippen molar-refractivity contribution in [1.29, 1.82) is 0 Å². The number of thioether (sulfide) groups is 1. The lowest BCUT2D eigenvalue weighted by Gasteiger charge is -2.15. The number of hydrogen-bond acceptors (Lipinski definition) is 5. The van der Waals surface area contributed by atoms with E-state index in [1.807, 2.05) is 30.3 Å². The average molecular weight is 341 g/mol. The van der Waals surface area contributed by atoms with Gasteiger partial charge in [-0.25, -0.2) is 0 Å².